The maximum atomic E-state index is 13.6. The molecule has 1 aliphatic heterocycles. The lowest BCUT2D eigenvalue weighted by Crippen LogP contribution is -2.31. The van der Waals surface area contributed by atoms with Gasteiger partial charge in [-0.05, 0) is 62.1 Å². The summed E-state index contributed by atoms with van der Waals surface area (Å²) in [5.74, 6) is -1.95. The highest BCUT2D eigenvalue weighted by atomic mass is 79.9. The molecule has 1 fully saturated rings. The molecule has 6 rings (SSSR count). The Balaban J connectivity index is 1.33. The van der Waals surface area contributed by atoms with Gasteiger partial charge in [-0.3, -0.25) is 19.3 Å². The summed E-state index contributed by atoms with van der Waals surface area (Å²) in [5.41, 5.74) is 3.93. The number of nitrogens with zero attached hydrogens (tertiary/aromatic N) is 2. The van der Waals surface area contributed by atoms with Crippen molar-refractivity contribution in [2.75, 3.05) is 4.90 Å². The monoisotopic (exact) mass is 636 g/mol. The van der Waals surface area contributed by atoms with Crippen LogP contribution in [-0.2, 0) is 14.3 Å². The van der Waals surface area contributed by atoms with Crippen LogP contribution in [0.1, 0.15) is 46.5 Å². The first-order chi connectivity index (χ1) is 20.6. The number of anilines is 1. The molecule has 3 aromatic carbocycles. The van der Waals surface area contributed by atoms with Crippen LogP contribution >= 0.6 is 15.9 Å². The molecule has 8 heteroatoms. The van der Waals surface area contributed by atoms with E-state index in [1.54, 1.807) is 61.5 Å². The molecule has 2 aliphatic rings. The highest BCUT2D eigenvalue weighted by molar-refractivity contribution is 9.10. The molecule has 2 amide bonds. The van der Waals surface area contributed by atoms with Gasteiger partial charge in [-0.15, -0.1) is 0 Å². The van der Waals surface area contributed by atoms with E-state index < -0.39 is 12.1 Å². The number of pyridine rings is 1. The Morgan fingerprint density at radius 2 is 1.72 bits per heavy atom. The Kier molecular flexibility index (Phi) is 7.56. The zero-order chi connectivity index (χ0) is 30.4. The number of benzene rings is 3. The number of carbonyl (C=O) groups is 4. The number of carbonyl (C=O) groups excluding carboxylic acids is 4. The van der Waals surface area contributed by atoms with Crippen molar-refractivity contribution in [3.05, 3.63) is 106 Å². The Hall–Kier alpha value is -4.43. The van der Waals surface area contributed by atoms with Gasteiger partial charge in [-0.1, -0.05) is 77.5 Å². The first-order valence-electron chi connectivity index (χ1n) is 14.2. The van der Waals surface area contributed by atoms with Gasteiger partial charge in [-0.2, -0.15) is 0 Å². The standard InChI is InChI=1S/C35H29BrN2O5/c1-19-8-7-11-26-30(19)34(41)38(33(26)40)25-14-12-22(13-15-25)29-18-28(27-17-24(36)16-20(2)31(27)37-29)35(42)43-21(3)32(39)23-9-5-4-6-10-23/h4-10,12-19,21,26,30H,11H2,1-3H3. The molecule has 1 aliphatic carbocycles. The zero-order valence-electron chi connectivity index (χ0n) is 23.9. The number of hydrogen-bond donors (Lipinski definition) is 0. The van der Waals surface area contributed by atoms with Crippen LogP contribution < -0.4 is 4.90 Å². The van der Waals surface area contributed by atoms with Crippen LogP contribution in [0.15, 0.2) is 89.4 Å². The van der Waals surface area contributed by atoms with Crippen molar-refractivity contribution in [2.45, 2.75) is 33.3 Å². The normalized spacial score (nSPS) is 20.3. The molecule has 0 bridgehead atoms. The van der Waals surface area contributed by atoms with Crippen LogP contribution in [0.25, 0.3) is 22.2 Å². The Morgan fingerprint density at radius 1 is 1.00 bits per heavy atom. The minimum atomic E-state index is -0.994. The van der Waals surface area contributed by atoms with Gasteiger partial charge in [0.2, 0.25) is 17.6 Å². The van der Waals surface area contributed by atoms with E-state index in [1.165, 1.54) is 4.90 Å². The molecule has 216 valence electrons. The summed E-state index contributed by atoms with van der Waals surface area (Å²) in [6.07, 6.45) is 3.56. The lowest BCUT2D eigenvalue weighted by Gasteiger charge is -2.22. The lowest BCUT2D eigenvalue weighted by atomic mass is 9.78. The van der Waals surface area contributed by atoms with Crippen molar-refractivity contribution in [3.8, 4) is 11.3 Å². The summed E-state index contributed by atoms with van der Waals surface area (Å²) >= 11 is 3.51. The number of rotatable bonds is 6. The Bertz CT molecular complexity index is 1820. The number of esters is 1. The number of ether oxygens (including phenoxy) is 1. The largest absolute Gasteiger partial charge is 0.451 e. The van der Waals surface area contributed by atoms with Gasteiger partial charge in [0.05, 0.1) is 34.3 Å². The maximum Gasteiger partial charge on any atom is 0.339 e. The second-order valence-electron chi connectivity index (χ2n) is 11.2. The molecule has 7 nitrogen and oxygen atoms in total. The minimum Gasteiger partial charge on any atom is -0.451 e. The number of hydrogen-bond acceptors (Lipinski definition) is 6. The van der Waals surface area contributed by atoms with E-state index in [4.69, 9.17) is 9.72 Å². The van der Waals surface area contributed by atoms with E-state index in [-0.39, 0.29) is 40.9 Å². The van der Waals surface area contributed by atoms with E-state index in [0.717, 1.165) is 10.0 Å². The Labute approximate surface area is 257 Å². The first-order valence-corrected chi connectivity index (χ1v) is 15.0. The number of Topliss-reactive ketones (excluding diaryl/α,β-unsaturated/α-hetero) is 1. The van der Waals surface area contributed by atoms with E-state index >= 15 is 0 Å². The van der Waals surface area contributed by atoms with Crippen LogP contribution in [0.4, 0.5) is 5.69 Å². The van der Waals surface area contributed by atoms with Crippen molar-refractivity contribution in [1.29, 1.82) is 0 Å². The van der Waals surface area contributed by atoms with Crippen LogP contribution in [0.2, 0.25) is 0 Å². The quantitative estimate of drug-likeness (QED) is 0.0969. The predicted molar refractivity (Wildman–Crippen MR) is 168 cm³/mol. The Morgan fingerprint density at radius 3 is 2.42 bits per heavy atom. The second-order valence-corrected chi connectivity index (χ2v) is 12.1. The molecule has 0 spiro atoms. The molecule has 2 heterocycles. The summed E-state index contributed by atoms with van der Waals surface area (Å²) in [6, 6.07) is 21.1. The maximum absolute atomic E-state index is 13.6. The van der Waals surface area contributed by atoms with E-state index in [9.17, 15) is 19.2 Å². The lowest BCUT2D eigenvalue weighted by molar-refractivity contribution is -0.122. The molecule has 1 aromatic heterocycles. The van der Waals surface area contributed by atoms with Crippen molar-refractivity contribution >= 4 is 56.1 Å². The fraction of sp³-hybridized carbons (Fsp3) is 0.229. The molecule has 4 aromatic rings. The number of fused-ring (bicyclic) bond motifs is 2. The minimum absolute atomic E-state index is 0.00781. The third-order valence-electron chi connectivity index (χ3n) is 8.29. The fourth-order valence-electron chi connectivity index (χ4n) is 6.07. The smallest absolute Gasteiger partial charge is 0.339 e. The molecular weight excluding hydrogens is 608 g/mol. The van der Waals surface area contributed by atoms with E-state index in [1.807, 2.05) is 44.2 Å². The van der Waals surface area contributed by atoms with Gasteiger partial charge in [0, 0.05) is 21.0 Å². The van der Waals surface area contributed by atoms with E-state index in [2.05, 4.69) is 15.9 Å². The molecule has 4 unspecified atom stereocenters. The second kappa shape index (κ2) is 11.3. The molecule has 1 saturated heterocycles. The van der Waals surface area contributed by atoms with Crippen LogP contribution in [0.5, 0.6) is 0 Å². The van der Waals surface area contributed by atoms with Crippen LogP contribution in [0.3, 0.4) is 0 Å². The van der Waals surface area contributed by atoms with Crippen molar-refractivity contribution in [1.82, 2.24) is 4.98 Å². The number of halogens is 1. The average Bonchev–Trinajstić information content (AvgIpc) is 3.26. The van der Waals surface area contributed by atoms with Crippen molar-refractivity contribution in [3.63, 3.8) is 0 Å². The molecule has 43 heavy (non-hydrogen) atoms. The van der Waals surface area contributed by atoms with Gasteiger partial charge >= 0.3 is 5.97 Å². The van der Waals surface area contributed by atoms with E-state index in [0.29, 0.717) is 39.8 Å². The van der Waals surface area contributed by atoms with Gasteiger partial charge in [0.25, 0.3) is 0 Å². The number of imide groups is 1. The topological polar surface area (TPSA) is 93.6 Å². The third-order valence-corrected chi connectivity index (χ3v) is 8.75. The number of aryl methyl sites for hydroxylation is 1. The number of aromatic nitrogens is 1. The number of allylic oxidation sites excluding steroid dienone is 2. The predicted octanol–water partition coefficient (Wildman–Crippen LogP) is 7.10. The SMILES string of the molecule is Cc1cc(Br)cc2c(C(=O)OC(C)C(=O)c3ccccc3)cc(-c3ccc(N4C(=O)C5CC=CC(C)C5C4=O)cc3)nc12. The summed E-state index contributed by atoms with van der Waals surface area (Å²) in [4.78, 5) is 59.1. The highest BCUT2D eigenvalue weighted by Gasteiger charge is 2.50. The zero-order valence-corrected chi connectivity index (χ0v) is 25.5. The fourth-order valence-corrected chi connectivity index (χ4v) is 6.64. The molecule has 0 saturated carbocycles. The molecule has 4 atom stereocenters. The van der Waals surface area contributed by atoms with Gasteiger partial charge in [-0.25, -0.2) is 9.78 Å². The highest BCUT2D eigenvalue weighted by Crippen LogP contribution is 2.41. The van der Waals surface area contributed by atoms with Gasteiger partial charge in [0.15, 0.2) is 6.10 Å². The third kappa shape index (κ3) is 5.20. The first kappa shape index (κ1) is 28.7. The summed E-state index contributed by atoms with van der Waals surface area (Å²) in [7, 11) is 0. The van der Waals surface area contributed by atoms with Crippen molar-refractivity contribution < 1.29 is 23.9 Å². The average molecular weight is 638 g/mol. The summed E-state index contributed by atoms with van der Waals surface area (Å²) in [6.45, 7) is 5.44. The van der Waals surface area contributed by atoms with Gasteiger partial charge < -0.3 is 4.74 Å². The molecular formula is C35H29BrN2O5. The van der Waals surface area contributed by atoms with Crippen LogP contribution in [-0.4, -0.2) is 34.7 Å². The number of ketones is 1. The summed E-state index contributed by atoms with van der Waals surface area (Å²) in [5, 5.41) is 0.593. The van der Waals surface area contributed by atoms with Gasteiger partial charge in [0.1, 0.15) is 0 Å². The molecule has 0 radical (unpaired) electrons. The number of amides is 2. The molecule has 0 N–H and O–H groups in total. The van der Waals surface area contributed by atoms with Crippen LogP contribution in [0, 0.1) is 24.7 Å². The van der Waals surface area contributed by atoms with Crippen molar-refractivity contribution in [2.24, 2.45) is 17.8 Å². The summed E-state index contributed by atoms with van der Waals surface area (Å²) < 4.78 is 6.46.